The molecule has 0 aromatic heterocycles. The lowest BCUT2D eigenvalue weighted by molar-refractivity contribution is 0.0846. The molecule has 0 spiro atoms. The smallest absolute Gasteiger partial charge is 0.269 e. The van der Waals surface area contributed by atoms with Crippen molar-refractivity contribution in [3.05, 3.63) is 87.4 Å². The number of halogens is 2. The maximum atomic E-state index is 12.3. The van der Waals surface area contributed by atoms with Crippen LogP contribution in [-0.4, -0.2) is 24.5 Å². The molecule has 3 aromatic carbocycles. The van der Waals surface area contributed by atoms with Gasteiger partial charge in [0.25, 0.3) is 17.7 Å². The van der Waals surface area contributed by atoms with Crippen LogP contribution in [0, 0.1) is 0 Å². The highest BCUT2D eigenvalue weighted by Gasteiger charge is 2.17. The van der Waals surface area contributed by atoms with Crippen molar-refractivity contribution in [1.29, 1.82) is 0 Å². The largest absolute Gasteiger partial charge is 0.454 e. The van der Waals surface area contributed by atoms with Crippen molar-refractivity contribution >= 4 is 46.6 Å². The molecule has 0 fully saturated rings. The Morgan fingerprint density at radius 2 is 1.25 bits per heavy atom. The Hall–Kier alpha value is -3.75. The Bertz CT molecular complexity index is 1190. The second-order valence-corrected chi connectivity index (χ2v) is 7.54. The standard InChI is InChI=1S/C22H15Cl2N3O5/c23-15-7-14(8-16(24)10-15)20(28)25-17-4-1-12(2-5-17)21(29)26-27-22(30)13-3-6-18-19(9-13)32-11-31-18/h1-10H,11H2,(H,25,28)(H,26,29)(H,27,30). The molecule has 1 aliphatic heterocycles. The van der Waals surface area contributed by atoms with Crippen molar-refractivity contribution < 1.29 is 23.9 Å². The van der Waals surface area contributed by atoms with Gasteiger partial charge in [-0.25, -0.2) is 0 Å². The maximum absolute atomic E-state index is 12.3. The van der Waals surface area contributed by atoms with Crippen LogP contribution in [0.2, 0.25) is 10.0 Å². The first-order valence-electron chi connectivity index (χ1n) is 9.27. The Labute approximate surface area is 192 Å². The molecule has 3 N–H and O–H groups in total. The van der Waals surface area contributed by atoms with E-state index in [0.29, 0.717) is 38.4 Å². The van der Waals surface area contributed by atoms with Crippen LogP contribution in [0.4, 0.5) is 5.69 Å². The molecule has 1 aliphatic rings. The summed E-state index contributed by atoms with van der Waals surface area (Å²) in [6, 6.07) is 15.3. The first-order chi connectivity index (χ1) is 15.4. The van der Waals surface area contributed by atoms with E-state index < -0.39 is 17.7 Å². The lowest BCUT2D eigenvalue weighted by atomic mass is 10.1. The lowest BCUT2D eigenvalue weighted by Gasteiger charge is -2.09. The van der Waals surface area contributed by atoms with Crippen LogP contribution in [-0.2, 0) is 0 Å². The fraction of sp³-hybridized carbons (Fsp3) is 0.0455. The number of hydrazine groups is 1. The molecule has 3 aromatic rings. The topological polar surface area (TPSA) is 106 Å². The number of anilines is 1. The van der Waals surface area contributed by atoms with Crippen LogP contribution >= 0.6 is 23.2 Å². The summed E-state index contributed by atoms with van der Waals surface area (Å²) in [7, 11) is 0. The zero-order chi connectivity index (χ0) is 22.7. The Morgan fingerprint density at radius 3 is 1.94 bits per heavy atom. The highest BCUT2D eigenvalue weighted by Crippen LogP contribution is 2.32. The van der Waals surface area contributed by atoms with Crippen molar-refractivity contribution in [2.75, 3.05) is 12.1 Å². The molecule has 4 rings (SSSR count). The molecule has 0 radical (unpaired) electrons. The summed E-state index contributed by atoms with van der Waals surface area (Å²) < 4.78 is 10.4. The summed E-state index contributed by atoms with van der Waals surface area (Å²) in [5.41, 5.74) is 6.02. The number of amides is 3. The van der Waals surface area contributed by atoms with E-state index in [9.17, 15) is 14.4 Å². The number of benzene rings is 3. The molecule has 1 heterocycles. The van der Waals surface area contributed by atoms with Gasteiger partial charge in [-0.1, -0.05) is 23.2 Å². The number of carbonyl (C=O) groups excluding carboxylic acids is 3. The van der Waals surface area contributed by atoms with E-state index in [-0.39, 0.29) is 12.4 Å². The Balaban J connectivity index is 1.33. The zero-order valence-electron chi connectivity index (χ0n) is 16.3. The van der Waals surface area contributed by atoms with E-state index >= 15 is 0 Å². The van der Waals surface area contributed by atoms with Gasteiger partial charge in [0, 0.05) is 32.4 Å². The molecule has 8 nitrogen and oxygen atoms in total. The van der Waals surface area contributed by atoms with E-state index in [1.54, 1.807) is 24.3 Å². The number of rotatable bonds is 4. The van der Waals surface area contributed by atoms with Crippen LogP contribution < -0.4 is 25.6 Å². The van der Waals surface area contributed by atoms with Crippen LogP contribution in [0.5, 0.6) is 11.5 Å². The summed E-state index contributed by atoms with van der Waals surface area (Å²) >= 11 is 11.8. The monoisotopic (exact) mass is 471 g/mol. The van der Waals surface area contributed by atoms with Gasteiger partial charge in [-0.15, -0.1) is 0 Å². The molecule has 162 valence electrons. The number of hydrogen-bond donors (Lipinski definition) is 3. The molecule has 0 unspecified atom stereocenters. The van der Waals surface area contributed by atoms with Crippen LogP contribution in [0.15, 0.2) is 60.7 Å². The van der Waals surface area contributed by atoms with Crippen molar-refractivity contribution in [2.45, 2.75) is 0 Å². The van der Waals surface area contributed by atoms with Gasteiger partial charge in [0.05, 0.1) is 0 Å². The van der Waals surface area contributed by atoms with E-state index in [4.69, 9.17) is 32.7 Å². The van der Waals surface area contributed by atoms with E-state index in [0.717, 1.165) is 0 Å². The third kappa shape index (κ3) is 4.93. The predicted octanol–water partition coefficient (Wildman–Crippen LogP) is 4.05. The fourth-order valence-corrected chi connectivity index (χ4v) is 3.41. The summed E-state index contributed by atoms with van der Waals surface area (Å²) in [5.74, 6) is -0.431. The van der Waals surface area contributed by atoms with Crippen molar-refractivity contribution in [2.24, 2.45) is 0 Å². The van der Waals surface area contributed by atoms with Crippen LogP contribution in [0.3, 0.4) is 0 Å². The van der Waals surface area contributed by atoms with Crippen molar-refractivity contribution in [3.8, 4) is 11.5 Å². The van der Waals surface area contributed by atoms with Crippen LogP contribution in [0.25, 0.3) is 0 Å². The quantitative estimate of drug-likeness (QED) is 0.497. The summed E-state index contributed by atoms with van der Waals surface area (Å²) in [6.45, 7) is 0.0977. The third-order valence-corrected chi connectivity index (χ3v) is 4.89. The molecule has 0 saturated heterocycles. The fourth-order valence-electron chi connectivity index (χ4n) is 2.89. The van der Waals surface area contributed by atoms with Gasteiger partial charge in [-0.2, -0.15) is 0 Å². The molecule has 0 atom stereocenters. The number of ether oxygens (including phenoxy) is 2. The molecule has 0 bridgehead atoms. The molecule has 0 aliphatic carbocycles. The van der Waals surface area contributed by atoms with Gasteiger partial charge < -0.3 is 14.8 Å². The molecule has 32 heavy (non-hydrogen) atoms. The molecule has 10 heteroatoms. The molecule has 0 saturated carbocycles. The van der Waals surface area contributed by atoms with Gasteiger partial charge in [-0.3, -0.25) is 25.2 Å². The highest BCUT2D eigenvalue weighted by molar-refractivity contribution is 6.35. The first kappa shape index (κ1) is 21.5. The van der Waals surface area contributed by atoms with Crippen molar-refractivity contribution in [3.63, 3.8) is 0 Å². The summed E-state index contributed by atoms with van der Waals surface area (Å²) in [5, 5.41) is 3.38. The number of hydrogen-bond acceptors (Lipinski definition) is 5. The number of nitrogens with one attached hydrogen (secondary N) is 3. The maximum Gasteiger partial charge on any atom is 0.269 e. The normalized spacial score (nSPS) is 11.6. The van der Waals surface area contributed by atoms with Gasteiger partial charge in [0.2, 0.25) is 6.79 Å². The third-order valence-electron chi connectivity index (χ3n) is 4.45. The minimum absolute atomic E-state index is 0.0977. The van der Waals surface area contributed by atoms with Gasteiger partial charge in [-0.05, 0) is 60.7 Å². The van der Waals surface area contributed by atoms with E-state index in [1.807, 2.05) is 0 Å². The second-order valence-electron chi connectivity index (χ2n) is 6.67. The summed E-state index contributed by atoms with van der Waals surface area (Å²) in [4.78, 5) is 36.9. The summed E-state index contributed by atoms with van der Waals surface area (Å²) in [6.07, 6.45) is 0. The van der Waals surface area contributed by atoms with Crippen molar-refractivity contribution in [1.82, 2.24) is 10.9 Å². The Kier molecular flexibility index (Phi) is 6.16. The van der Waals surface area contributed by atoms with Gasteiger partial charge in [0.1, 0.15) is 0 Å². The SMILES string of the molecule is O=C(NNC(=O)c1ccc2c(c1)OCO2)c1ccc(NC(=O)c2cc(Cl)cc(Cl)c2)cc1. The molecule has 3 amide bonds. The minimum Gasteiger partial charge on any atom is -0.454 e. The van der Waals surface area contributed by atoms with Crippen LogP contribution in [0.1, 0.15) is 31.1 Å². The number of fused-ring (bicyclic) bond motifs is 1. The first-order valence-corrected chi connectivity index (χ1v) is 10.0. The number of carbonyl (C=O) groups is 3. The average Bonchev–Trinajstić information content (AvgIpc) is 3.25. The Morgan fingerprint density at radius 1 is 0.656 bits per heavy atom. The highest BCUT2D eigenvalue weighted by atomic mass is 35.5. The van der Waals surface area contributed by atoms with E-state index in [1.165, 1.54) is 36.4 Å². The molecular weight excluding hydrogens is 457 g/mol. The lowest BCUT2D eigenvalue weighted by Crippen LogP contribution is -2.41. The second kappa shape index (κ2) is 9.17. The average molecular weight is 472 g/mol. The minimum atomic E-state index is -0.529. The molecular formula is C22H15Cl2N3O5. The zero-order valence-corrected chi connectivity index (χ0v) is 17.8. The predicted molar refractivity (Wildman–Crippen MR) is 118 cm³/mol. The van der Waals surface area contributed by atoms with Gasteiger partial charge >= 0.3 is 0 Å². The van der Waals surface area contributed by atoms with Gasteiger partial charge in [0.15, 0.2) is 11.5 Å². The van der Waals surface area contributed by atoms with E-state index in [2.05, 4.69) is 16.2 Å².